The van der Waals surface area contributed by atoms with Gasteiger partial charge in [-0.1, -0.05) is 6.92 Å². The molecular formula is C10H17N5O. The van der Waals surface area contributed by atoms with E-state index in [0.29, 0.717) is 36.5 Å². The van der Waals surface area contributed by atoms with Gasteiger partial charge in [-0.05, 0) is 19.3 Å². The lowest BCUT2D eigenvalue weighted by Crippen LogP contribution is -2.11. The van der Waals surface area contributed by atoms with Gasteiger partial charge in [0.2, 0.25) is 11.9 Å². The molecule has 16 heavy (non-hydrogen) atoms. The van der Waals surface area contributed by atoms with E-state index in [2.05, 4.69) is 32.5 Å². The van der Waals surface area contributed by atoms with Crippen molar-refractivity contribution in [1.82, 2.24) is 15.0 Å². The quantitative estimate of drug-likeness (QED) is 0.779. The Balaban J connectivity index is 2.12. The first-order valence-electron chi connectivity index (χ1n) is 5.56. The zero-order valence-corrected chi connectivity index (χ0v) is 9.82. The van der Waals surface area contributed by atoms with Gasteiger partial charge in [-0.3, -0.25) is 0 Å². The Morgan fingerprint density at radius 3 is 2.56 bits per heavy atom. The summed E-state index contributed by atoms with van der Waals surface area (Å²) in [5.41, 5.74) is 0. The van der Waals surface area contributed by atoms with Crippen LogP contribution in [0.2, 0.25) is 0 Å². The average Bonchev–Trinajstić information content (AvgIpc) is 2.94. The zero-order chi connectivity index (χ0) is 11.5. The van der Waals surface area contributed by atoms with Gasteiger partial charge in [0.15, 0.2) is 0 Å². The molecule has 1 aliphatic rings. The highest BCUT2D eigenvalue weighted by Gasteiger charge is 2.33. The van der Waals surface area contributed by atoms with Crippen LogP contribution in [0.1, 0.15) is 20.3 Å². The second-order valence-electron chi connectivity index (χ2n) is 3.91. The molecule has 0 amide bonds. The first-order chi connectivity index (χ1) is 7.72. The maximum absolute atomic E-state index is 5.28. The number of aromatic nitrogens is 3. The third-order valence-corrected chi connectivity index (χ3v) is 2.54. The number of nitrogens with one attached hydrogen (secondary N) is 2. The van der Waals surface area contributed by atoms with E-state index in [-0.39, 0.29) is 0 Å². The van der Waals surface area contributed by atoms with Crippen LogP contribution in [-0.2, 0) is 0 Å². The van der Waals surface area contributed by atoms with Gasteiger partial charge in [0.25, 0.3) is 0 Å². The Labute approximate surface area is 94.9 Å². The maximum Gasteiger partial charge on any atom is 0.323 e. The van der Waals surface area contributed by atoms with E-state index in [1.54, 1.807) is 7.05 Å². The molecule has 1 aromatic heterocycles. The molecule has 0 bridgehead atoms. The molecule has 88 valence electrons. The molecule has 0 saturated heterocycles. The Morgan fingerprint density at radius 2 is 2.00 bits per heavy atom. The summed E-state index contributed by atoms with van der Waals surface area (Å²) in [6.45, 7) is 4.65. The predicted molar refractivity (Wildman–Crippen MR) is 61.7 cm³/mol. The van der Waals surface area contributed by atoms with E-state index in [1.165, 1.54) is 6.42 Å². The summed E-state index contributed by atoms with van der Waals surface area (Å²) in [7, 11) is 1.77. The van der Waals surface area contributed by atoms with Crippen molar-refractivity contribution in [1.29, 1.82) is 0 Å². The molecule has 2 rings (SSSR count). The molecule has 0 aromatic carbocycles. The Bertz CT molecular complexity index is 370. The van der Waals surface area contributed by atoms with Gasteiger partial charge in [0.1, 0.15) is 0 Å². The fraction of sp³-hybridized carbons (Fsp3) is 0.700. The molecule has 2 N–H and O–H groups in total. The van der Waals surface area contributed by atoms with E-state index in [1.807, 2.05) is 6.92 Å². The van der Waals surface area contributed by atoms with Crippen molar-refractivity contribution in [3.05, 3.63) is 0 Å². The molecule has 0 aliphatic heterocycles. The standard InChI is InChI=1S/C10H17N5O/c1-4-16-10-14-8(11-3)13-9(15-10)12-7-5-6(7)2/h6-7H,4-5H2,1-3H3,(H2,11,12,13,14,15). The van der Waals surface area contributed by atoms with Gasteiger partial charge in [-0.25, -0.2) is 0 Å². The van der Waals surface area contributed by atoms with Crippen molar-refractivity contribution in [2.24, 2.45) is 5.92 Å². The van der Waals surface area contributed by atoms with Crippen molar-refractivity contribution in [2.45, 2.75) is 26.3 Å². The molecule has 0 radical (unpaired) electrons. The smallest absolute Gasteiger partial charge is 0.323 e. The summed E-state index contributed by atoms with van der Waals surface area (Å²) in [5, 5.41) is 6.15. The third kappa shape index (κ3) is 2.50. The van der Waals surface area contributed by atoms with Crippen molar-refractivity contribution in [3.63, 3.8) is 0 Å². The SMILES string of the molecule is CCOc1nc(NC)nc(NC2CC2C)n1. The van der Waals surface area contributed by atoms with Crippen molar-refractivity contribution >= 4 is 11.9 Å². The lowest BCUT2D eigenvalue weighted by atomic mass is 10.5. The molecule has 1 fully saturated rings. The summed E-state index contributed by atoms with van der Waals surface area (Å²) < 4.78 is 5.28. The van der Waals surface area contributed by atoms with E-state index >= 15 is 0 Å². The van der Waals surface area contributed by atoms with E-state index < -0.39 is 0 Å². The lowest BCUT2D eigenvalue weighted by Gasteiger charge is -2.07. The molecule has 1 aromatic rings. The van der Waals surface area contributed by atoms with E-state index in [4.69, 9.17) is 4.74 Å². The third-order valence-electron chi connectivity index (χ3n) is 2.54. The van der Waals surface area contributed by atoms with Crippen LogP contribution in [0.25, 0.3) is 0 Å². The number of rotatable bonds is 5. The number of hydrogen-bond donors (Lipinski definition) is 2. The highest BCUT2D eigenvalue weighted by atomic mass is 16.5. The van der Waals surface area contributed by atoms with Crippen molar-refractivity contribution < 1.29 is 4.74 Å². The monoisotopic (exact) mass is 223 g/mol. The molecule has 2 unspecified atom stereocenters. The summed E-state index contributed by atoms with van der Waals surface area (Å²) in [5.74, 6) is 1.80. The summed E-state index contributed by atoms with van der Waals surface area (Å²) >= 11 is 0. The van der Waals surface area contributed by atoms with Gasteiger partial charge >= 0.3 is 6.01 Å². The van der Waals surface area contributed by atoms with Gasteiger partial charge in [0.05, 0.1) is 6.61 Å². The van der Waals surface area contributed by atoms with Crippen molar-refractivity contribution in [2.75, 3.05) is 24.3 Å². The largest absolute Gasteiger partial charge is 0.464 e. The summed E-state index contributed by atoms with van der Waals surface area (Å²) in [6, 6.07) is 0.847. The van der Waals surface area contributed by atoms with Gasteiger partial charge in [-0.15, -0.1) is 0 Å². The molecule has 2 atom stereocenters. The number of nitrogens with zero attached hydrogens (tertiary/aromatic N) is 3. The number of ether oxygens (including phenoxy) is 1. The molecule has 1 saturated carbocycles. The topological polar surface area (TPSA) is 72.0 Å². The highest BCUT2D eigenvalue weighted by molar-refractivity contribution is 5.37. The Hall–Kier alpha value is -1.59. The van der Waals surface area contributed by atoms with Crippen LogP contribution in [0, 0.1) is 5.92 Å². The molecule has 0 spiro atoms. The molecule has 1 aliphatic carbocycles. The van der Waals surface area contributed by atoms with Crippen LogP contribution in [-0.4, -0.2) is 34.6 Å². The minimum absolute atomic E-state index is 0.359. The second-order valence-corrected chi connectivity index (χ2v) is 3.91. The first-order valence-corrected chi connectivity index (χ1v) is 5.56. The fourth-order valence-electron chi connectivity index (χ4n) is 1.42. The fourth-order valence-corrected chi connectivity index (χ4v) is 1.42. The predicted octanol–water partition coefficient (Wildman–Crippen LogP) is 1.13. The van der Waals surface area contributed by atoms with Crippen LogP contribution in [0.5, 0.6) is 6.01 Å². The van der Waals surface area contributed by atoms with E-state index in [0.717, 1.165) is 0 Å². The lowest BCUT2D eigenvalue weighted by molar-refractivity contribution is 0.312. The van der Waals surface area contributed by atoms with Gasteiger partial charge in [-0.2, -0.15) is 15.0 Å². The Kier molecular flexibility index (Phi) is 3.07. The zero-order valence-electron chi connectivity index (χ0n) is 9.82. The van der Waals surface area contributed by atoms with Crippen molar-refractivity contribution in [3.8, 4) is 6.01 Å². The van der Waals surface area contributed by atoms with Gasteiger partial charge in [0, 0.05) is 13.1 Å². The molecule has 6 nitrogen and oxygen atoms in total. The molecular weight excluding hydrogens is 206 g/mol. The second kappa shape index (κ2) is 4.51. The summed E-state index contributed by atoms with van der Waals surface area (Å²) in [4.78, 5) is 12.5. The number of anilines is 2. The maximum atomic E-state index is 5.28. The normalized spacial score (nSPS) is 22.7. The minimum atomic E-state index is 0.359. The summed E-state index contributed by atoms with van der Waals surface area (Å²) in [6.07, 6.45) is 1.17. The van der Waals surface area contributed by atoms with Gasteiger partial charge < -0.3 is 15.4 Å². The number of hydrogen-bond acceptors (Lipinski definition) is 6. The van der Waals surface area contributed by atoms with Crippen LogP contribution in [0.15, 0.2) is 0 Å². The first kappa shape index (κ1) is 10.9. The average molecular weight is 223 g/mol. The molecule has 6 heteroatoms. The van der Waals surface area contributed by atoms with Crippen LogP contribution >= 0.6 is 0 Å². The minimum Gasteiger partial charge on any atom is -0.464 e. The van der Waals surface area contributed by atoms with Crippen LogP contribution in [0.4, 0.5) is 11.9 Å². The molecule has 1 heterocycles. The van der Waals surface area contributed by atoms with Crippen LogP contribution < -0.4 is 15.4 Å². The Morgan fingerprint density at radius 1 is 1.31 bits per heavy atom. The van der Waals surface area contributed by atoms with E-state index in [9.17, 15) is 0 Å². The van der Waals surface area contributed by atoms with Crippen LogP contribution in [0.3, 0.4) is 0 Å². The highest BCUT2D eigenvalue weighted by Crippen LogP contribution is 2.32.